The summed E-state index contributed by atoms with van der Waals surface area (Å²) in [5.41, 5.74) is 5.25. The maximum absolute atomic E-state index is 13.1. The highest BCUT2D eigenvalue weighted by molar-refractivity contribution is 6.06. The molecule has 5 heteroatoms. The predicted octanol–water partition coefficient (Wildman–Crippen LogP) is 4.96. The molecule has 2 aromatic heterocycles. The van der Waals surface area contributed by atoms with Gasteiger partial charge in [-0.2, -0.15) is 0 Å². The molecule has 2 aromatic carbocycles. The second-order valence-corrected chi connectivity index (χ2v) is 7.29. The Kier molecular flexibility index (Phi) is 4.21. The molecule has 5 rings (SSSR count). The topological polar surface area (TPSA) is 58.1 Å². The number of amides is 1. The van der Waals surface area contributed by atoms with E-state index >= 15 is 0 Å². The lowest BCUT2D eigenvalue weighted by molar-refractivity contribution is 0.0976. The summed E-state index contributed by atoms with van der Waals surface area (Å²) in [6, 6.07) is 21.8. The molecule has 0 bridgehead atoms. The first-order valence-electron chi connectivity index (χ1n) is 9.69. The van der Waals surface area contributed by atoms with Crippen LogP contribution in [0, 0.1) is 0 Å². The lowest BCUT2D eigenvalue weighted by Gasteiger charge is -2.22. The number of hydrogen-bond donors (Lipinski definition) is 1. The molecule has 4 aromatic rings. The number of carbonyl (C=O) groups is 1. The summed E-state index contributed by atoms with van der Waals surface area (Å²) in [5.74, 6) is -0.0687. The Balaban J connectivity index is 1.40. The van der Waals surface area contributed by atoms with Crippen molar-refractivity contribution in [1.82, 2.24) is 9.97 Å². The summed E-state index contributed by atoms with van der Waals surface area (Å²) in [7, 11) is 0. The SMILES string of the molecule is CC1Cc2ccccc2N1C(=O)c1ccc(Nc2cccc3cccnc23)cn1. The summed E-state index contributed by atoms with van der Waals surface area (Å²) in [6.45, 7) is 2.07. The number of fused-ring (bicyclic) bond motifs is 2. The number of benzene rings is 2. The van der Waals surface area contributed by atoms with E-state index in [1.807, 2.05) is 59.5 Å². The first-order valence-corrected chi connectivity index (χ1v) is 9.69. The minimum atomic E-state index is -0.0687. The van der Waals surface area contributed by atoms with Crippen LogP contribution < -0.4 is 10.2 Å². The van der Waals surface area contributed by atoms with Crippen LogP contribution in [0.25, 0.3) is 10.9 Å². The van der Waals surface area contributed by atoms with Crippen molar-refractivity contribution in [2.75, 3.05) is 10.2 Å². The van der Waals surface area contributed by atoms with Crippen LogP contribution in [0.3, 0.4) is 0 Å². The van der Waals surface area contributed by atoms with E-state index in [9.17, 15) is 4.79 Å². The van der Waals surface area contributed by atoms with Gasteiger partial charge in [0.05, 0.1) is 23.1 Å². The second-order valence-electron chi connectivity index (χ2n) is 7.29. The Labute approximate surface area is 169 Å². The van der Waals surface area contributed by atoms with Gasteiger partial charge in [0.25, 0.3) is 5.91 Å². The summed E-state index contributed by atoms with van der Waals surface area (Å²) >= 11 is 0. The molecule has 1 atom stereocenters. The van der Waals surface area contributed by atoms with Crippen molar-refractivity contribution in [2.45, 2.75) is 19.4 Å². The summed E-state index contributed by atoms with van der Waals surface area (Å²) in [6.07, 6.45) is 4.35. The molecular formula is C24H20N4O. The van der Waals surface area contributed by atoms with Crippen LogP contribution in [0.5, 0.6) is 0 Å². The molecule has 1 unspecified atom stereocenters. The Morgan fingerprint density at radius 2 is 1.86 bits per heavy atom. The highest BCUT2D eigenvalue weighted by Gasteiger charge is 2.31. The zero-order valence-corrected chi connectivity index (χ0v) is 16.0. The van der Waals surface area contributed by atoms with Gasteiger partial charge in [0.1, 0.15) is 5.69 Å². The van der Waals surface area contributed by atoms with Crippen molar-refractivity contribution in [3.05, 3.63) is 90.4 Å². The van der Waals surface area contributed by atoms with Crippen LogP contribution in [0.1, 0.15) is 23.0 Å². The zero-order valence-electron chi connectivity index (χ0n) is 16.0. The standard InChI is InChI=1S/C24H20N4O/c1-16-14-18-6-2-3-10-22(18)28(16)24(29)21-12-11-19(15-26-21)27-20-9-4-7-17-8-5-13-25-23(17)20/h2-13,15-16,27H,14H2,1H3. The van der Waals surface area contributed by atoms with E-state index in [2.05, 4.69) is 28.3 Å². The average molecular weight is 380 g/mol. The van der Waals surface area contributed by atoms with E-state index in [-0.39, 0.29) is 11.9 Å². The number of rotatable bonds is 3. The van der Waals surface area contributed by atoms with Gasteiger partial charge in [-0.3, -0.25) is 9.78 Å². The highest BCUT2D eigenvalue weighted by atomic mass is 16.2. The molecule has 29 heavy (non-hydrogen) atoms. The normalized spacial score (nSPS) is 15.3. The van der Waals surface area contributed by atoms with Crippen molar-refractivity contribution in [3.63, 3.8) is 0 Å². The number of hydrogen-bond acceptors (Lipinski definition) is 4. The fraction of sp³-hybridized carbons (Fsp3) is 0.125. The molecular weight excluding hydrogens is 360 g/mol. The number of nitrogens with one attached hydrogen (secondary N) is 1. The minimum absolute atomic E-state index is 0.0687. The van der Waals surface area contributed by atoms with E-state index < -0.39 is 0 Å². The van der Waals surface area contributed by atoms with Crippen LogP contribution in [-0.4, -0.2) is 21.9 Å². The van der Waals surface area contributed by atoms with E-state index in [0.29, 0.717) is 5.69 Å². The van der Waals surface area contributed by atoms with Gasteiger partial charge < -0.3 is 10.2 Å². The van der Waals surface area contributed by atoms with Gasteiger partial charge in [0.15, 0.2) is 0 Å². The Hall–Kier alpha value is -3.73. The fourth-order valence-electron chi connectivity index (χ4n) is 3.95. The number of aromatic nitrogens is 2. The summed E-state index contributed by atoms with van der Waals surface area (Å²) < 4.78 is 0. The van der Waals surface area contributed by atoms with Crippen LogP contribution in [0.4, 0.5) is 17.1 Å². The number of carbonyl (C=O) groups excluding carboxylic acids is 1. The maximum atomic E-state index is 13.1. The van der Waals surface area contributed by atoms with E-state index in [4.69, 9.17) is 0 Å². The fourth-order valence-corrected chi connectivity index (χ4v) is 3.95. The number of anilines is 3. The van der Waals surface area contributed by atoms with Gasteiger partial charge in [-0.15, -0.1) is 0 Å². The van der Waals surface area contributed by atoms with Crippen molar-refractivity contribution < 1.29 is 4.79 Å². The monoisotopic (exact) mass is 380 g/mol. The zero-order chi connectivity index (χ0) is 19.8. The summed E-state index contributed by atoms with van der Waals surface area (Å²) in [5, 5.41) is 4.43. The van der Waals surface area contributed by atoms with Gasteiger partial charge in [-0.05, 0) is 49.2 Å². The van der Waals surface area contributed by atoms with Crippen molar-refractivity contribution in [2.24, 2.45) is 0 Å². The quantitative estimate of drug-likeness (QED) is 0.545. The molecule has 1 N–H and O–H groups in total. The van der Waals surface area contributed by atoms with E-state index in [1.165, 1.54) is 5.56 Å². The molecule has 142 valence electrons. The van der Waals surface area contributed by atoms with Crippen LogP contribution in [-0.2, 0) is 6.42 Å². The third-order valence-electron chi connectivity index (χ3n) is 5.32. The van der Waals surface area contributed by atoms with E-state index in [1.54, 1.807) is 18.5 Å². The van der Waals surface area contributed by atoms with E-state index in [0.717, 1.165) is 34.4 Å². The largest absolute Gasteiger partial charge is 0.352 e. The van der Waals surface area contributed by atoms with Gasteiger partial charge in [0, 0.05) is 23.3 Å². The first kappa shape index (κ1) is 17.4. The molecule has 0 fully saturated rings. The Morgan fingerprint density at radius 1 is 1.00 bits per heavy atom. The van der Waals surface area contributed by atoms with Crippen LogP contribution in [0.2, 0.25) is 0 Å². The lowest BCUT2D eigenvalue weighted by atomic mass is 10.1. The number of para-hydroxylation sites is 2. The van der Waals surface area contributed by atoms with Crippen molar-refractivity contribution >= 4 is 33.9 Å². The lowest BCUT2D eigenvalue weighted by Crippen LogP contribution is -2.36. The smallest absolute Gasteiger partial charge is 0.277 e. The molecule has 1 amide bonds. The molecule has 0 radical (unpaired) electrons. The Morgan fingerprint density at radius 3 is 2.72 bits per heavy atom. The highest BCUT2D eigenvalue weighted by Crippen LogP contribution is 2.33. The van der Waals surface area contributed by atoms with Crippen molar-refractivity contribution in [3.8, 4) is 0 Å². The van der Waals surface area contributed by atoms with Crippen molar-refractivity contribution in [1.29, 1.82) is 0 Å². The molecule has 1 aliphatic rings. The molecule has 0 spiro atoms. The summed E-state index contributed by atoms with van der Waals surface area (Å²) in [4.78, 5) is 23.8. The maximum Gasteiger partial charge on any atom is 0.277 e. The first-order chi connectivity index (χ1) is 14.2. The second kappa shape index (κ2) is 7.02. The van der Waals surface area contributed by atoms with Gasteiger partial charge in [-0.1, -0.05) is 36.4 Å². The third-order valence-corrected chi connectivity index (χ3v) is 5.32. The van der Waals surface area contributed by atoms with Crippen LogP contribution in [0.15, 0.2) is 79.1 Å². The third kappa shape index (κ3) is 3.10. The Bertz CT molecular complexity index is 1200. The number of pyridine rings is 2. The molecule has 3 heterocycles. The number of nitrogens with zero attached hydrogens (tertiary/aromatic N) is 3. The molecule has 5 nitrogen and oxygen atoms in total. The molecule has 0 aliphatic carbocycles. The predicted molar refractivity (Wildman–Crippen MR) is 116 cm³/mol. The molecule has 0 saturated heterocycles. The van der Waals surface area contributed by atoms with Gasteiger partial charge >= 0.3 is 0 Å². The molecule has 0 saturated carbocycles. The molecule has 1 aliphatic heterocycles. The van der Waals surface area contributed by atoms with Gasteiger partial charge in [-0.25, -0.2) is 4.98 Å². The minimum Gasteiger partial charge on any atom is -0.352 e. The average Bonchev–Trinajstić information content (AvgIpc) is 3.10. The van der Waals surface area contributed by atoms with Crippen LogP contribution >= 0.6 is 0 Å². The van der Waals surface area contributed by atoms with Gasteiger partial charge in [0.2, 0.25) is 0 Å².